The lowest BCUT2D eigenvalue weighted by Crippen LogP contribution is -2.61. The van der Waals surface area contributed by atoms with Crippen LogP contribution in [0.15, 0.2) is 48.5 Å². The van der Waals surface area contributed by atoms with E-state index < -0.39 is 11.7 Å². The Morgan fingerprint density at radius 1 is 1.18 bits per heavy atom. The number of likely N-dealkylation sites (tertiary alicyclic amines) is 1. The molecule has 0 saturated carbocycles. The molecule has 2 amide bonds. The molecule has 0 atom stereocenters. The maximum Gasteiger partial charge on any atom is 0.416 e. The summed E-state index contributed by atoms with van der Waals surface area (Å²) in [4.78, 5) is 16.1. The molecule has 150 valence electrons. The van der Waals surface area contributed by atoms with Crippen LogP contribution in [-0.4, -0.2) is 48.6 Å². The Bertz CT molecular complexity index is 832. The Morgan fingerprint density at radius 3 is 2.57 bits per heavy atom. The molecular formula is C21H24F3N3O. The predicted molar refractivity (Wildman–Crippen MR) is 103 cm³/mol. The first kappa shape index (κ1) is 20.2. The van der Waals surface area contributed by atoms with Gasteiger partial charge in [0, 0.05) is 31.4 Å². The van der Waals surface area contributed by atoms with E-state index in [2.05, 4.69) is 29.3 Å². The molecule has 0 bridgehead atoms. The molecule has 2 aromatic carbocycles. The molecule has 7 heteroatoms. The van der Waals surface area contributed by atoms with Gasteiger partial charge in [-0.15, -0.1) is 0 Å². The van der Waals surface area contributed by atoms with Crippen LogP contribution in [0.5, 0.6) is 0 Å². The van der Waals surface area contributed by atoms with Crippen LogP contribution >= 0.6 is 0 Å². The number of amides is 2. The van der Waals surface area contributed by atoms with Crippen LogP contribution in [0.3, 0.4) is 0 Å². The summed E-state index contributed by atoms with van der Waals surface area (Å²) < 4.78 is 38.3. The molecular weight excluding hydrogens is 367 g/mol. The van der Waals surface area contributed by atoms with Crippen molar-refractivity contribution in [2.75, 3.05) is 32.0 Å². The summed E-state index contributed by atoms with van der Waals surface area (Å²) in [7, 11) is 2.03. The van der Waals surface area contributed by atoms with Crippen molar-refractivity contribution in [1.82, 2.24) is 9.80 Å². The summed E-state index contributed by atoms with van der Waals surface area (Å²) in [6.07, 6.45) is -3.49. The zero-order valence-corrected chi connectivity index (χ0v) is 16.0. The summed E-state index contributed by atoms with van der Waals surface area (Å²) in [5.41, 5.74) is 1.96. The Kier molecular flexibility index (Phi) is 5.93. The topological polar surface area (TPSA) is 35.6 Å². The monoisotopic (exact) mass is 391 g/mol. The van der Waals surface area contributed by atoms with Gasteiger partial charge in [-0.05, 0) is 49.7 Å². The number of alkyl halides is 3. The zero-order valence-electron chi connectivity index (χ0n) is 16.0. The van der Waals surface area contributed by atoms with Crippen molar-refractivity contribution in [3.63, 3.8) is 0 Å². The highest BCUT2D eigenvalue weighted by Crippen LogP contribution is 2.30. The third-order valence-corrected chi connectivity index (χ3v) is 5.21. The number of nitrogens with one attached hydrogen (secondary N) is 1. The van der Waals surface area contributed by atoms with Crippen LogP contribution in [0.1, 0.15) is 16.7 Å². The lowest BCUT2D eigenvalue weighted by atomic mass is 10.0. The van der Waals surface area contributed by atoms with Crippen molar-refractivity contribution in [3.8, 4) is 0 Å². The van der Waals surface area contributed by atoms with Crippen LogP contribution in [0, 0.1) is 6.92 Å². The number of rotatable bonds is 5. The highest BCUT2D eigenvalue weighted by Gasteiger charge is 2.34. The number of nitrogens with zero attached hydrogens (tertiary/aromatic N) is 2. The van der Waals surface area contributed by atoms with E-state index in [4.69, 9.17) is 0 Å². The van der Waals surface area contributed by atoms with E-state index in [1.54, 1.807) is 4.90 Å². The third-order valence-electron chi connectivity index (χ3n) is 5.21. The fourth-order valence-corrected chi connectivity index (χ4v) is 3.25. The van der Waals surface area contributed by atoms with Crippen molar-refractivity contribution in [1.29, 1.82) is 0 Å². The summed E-state index contributed by atoms with van der Waals surface area (Å²) in [5.74, 6) is 0. The molecule has 0 aromatic heterocycles. The molecule has 1 saturated heterocycles. The number of hydrogen-bond donors (Lipinski definition) is 1. The van der Waals surface area contributed by atoms with Gasteiger partial charge in [0.05, 0.1) is 5.56 Å². The zero-order chi connectivity index (χ0) is 20.3. The second kappa shape index (κ2) is 8.22. The number of aryl methyl sites for hydroxylation is 1. The van der Waals surface area contributed by atoms with Crippen molar-refractivity contribution < 1.29 is 18.0 Å². The molecule has 0 radical (unpaired) electrons. The first-order valence-corrected chi connectivity index (χ1v) is 9.22. The predicted octanol–water partition coefficient (Wildman–Crippen LogP) is 4.40. The van der Waals surface area contributed by atoms with E-state index in [0.29, 0.717) is 13.1 Å². The smallest absolute Gasteiger partial charge is 0.321 e. The van der Waals surface area contributed by atoms with E-state index >= 15 is 0 Å². The molecule has 0 spiro atoms. The lowest BCUT2D eigenvalue weighted by Gasteiger charge is -2.44. The van der Waals surface area contributed by atoms with E-state index in [1.165, 1.54) is 23.3 Å². The maximum atomic E-state index is 12.8. The largest absolute Gasteiger partial charge is 0.416 e. The van der Waals surface area contributed by atoms with Crippen molar-refractivity contribution in [2.24, 2.45) is 0 Å². The second-order valence-corrected chi connectivity index (χ2v) is 7.22. The standard InChI is InChI=1S/C21H24F3N3O/c1-15-6-3-4-7-16(15)10-11-26(2)19-13-27(14-19)20(28)25-18-9-5-8-17(12-18)21(22,23)24/h3-9,12,19H,10-11,13-14H2,1-2H3,(H,25,28). The highest BCUT2D eigenvalue weighted by molar-refractivity contribution is 5.90. The molecule has 1 aliphatic rings. The van der Waals surface area contributed by atoms with E-state index in [0.717, 1.165) is 25.1 Å². The fourth-order valence-electron chi connectivity index (χ4n) is 3.25. The van der Waals surface area contributed by atoms with Gasteiger partial charge in [0.2, 0.25) is 0 Å². The first-order chi connectivity index (χ1) is 13.2. The van der Waals surface area contributed by atoms with Crippen molar-refractivity contribution in [3.05, 3.63) is 65.2 Å². The number of benzene rings is 2. The van der Waals surface area contributed by atoms with Crippen molar-refractivity contribution >= 4 is 11.7 Å². The first-order valence-electron chi connectivity index (χ1n) is 9.22. The van der Waals surface area contributed by atoms with Gasteiger partial charge < -0.3 is 10.2 Å². The summed E-state index contributed by atoms with van der Waals surface area (Å²) >= 11 is 0. The molecule has 0 unspecified atom stereocenters. The highest BCUT2D eigenvalue weighted by atomic mass is 19.4. The molecule has 4 nitrogen and oxygen atoms in total. The number of carbonyl (C=O) groups excluding carboxylic acids is 1. The number of anilines is 1. The summed E-state index contributed by atoms with van der Waals surface area (Å²) in [6, 6.07) is 12.8. The fraction of sp³-hybridized carbons (Fsp3) is 0.381. The number of likely N-dealkylation sites (N-methyl/N-ethyl adjacent to an activating group) is 1. The van der Waals surface area contributed by atoms with Gasteiger partial charge in [-0.25, -0.2) is 4.79 Å². The molecule has 1 fully saturated rings. The van der Waals surface area contributed by atoms with Crippen molar-refractivity contribution in [2.45, 2.75) is 25.6 Å². The molecule has 3 rings (SSSR count). The molecule has 1 aliphatic heterocycles. The van der Waals surface area contributed by atoms with Crippen LogP contribution in [0.4, 0.5) is 23.7 Å². The molecule has 2 aromatic rings. The molecule has 28 heavy (non-hydrogen) atoms. The Hall–Kier alpha value is -2.54. The van der Waals surface area contributed by atoms with Crippen LogP contribution in [0.2, 0.25) is 0 Å². The van der Waals surface area contributed by atoms with Gasteiger partial charge in [-0.1, -0.05) is 30.3 Å². The van der Waals surface area contributed by atoms with Gasteiger partial charge in [0.15, 0.2) is 0 Å². The van der Waals surface area contributed by atoms with Crippen LogP contribution < -0.4 is 5.32 Å². The van der Waals surface area contributed by atoms with Crippen LogP contribution in [0.25, 0.3) is 0 Å². The van der Waals surface area contributed by atoms with E-state index in [-0.39, 0.29) is 17.8 Å². The SMILES string of the molecule is Cc1ccccc1CCN(C)C1CN(C(=O)Nc2cccc(C(F)(F)F)c2)C1. The Labute approximate surface area is 162 Å². The van der Waals surface area contributed by atoms with Crippen LogP contribution in [-0.2, 0) is 12.6 Å². The number of hydrogen-bond acceptors (Lipinski definition) is 2. The molecule has 0 aliphatic carbocycles. The normalized spacial score (nSPS) is 14.9. The van der Waals surface area contributed by atoms with Gasteiger partial charge in [0.1, 0.15) is 0 Å². The van der Waals surface area contributed by atoms with Gasteiger partial charge >= 0.3 is 12.2 Å². The number of urea groups is 1. The summed E-state index contributed by atoms with van der Waals surface area (Å²) in [5, 5.41) is 2.55. The Balaban J connectivity index is 1.47. The second-order valence-electron chi connectivity index (χ2n) is 7.22. The minimum atomic E-state index is -4.43. The molecule has 1 N–H and O–H groups in total. The third kappa shape index (κ3) is 4.84. The van der Waals surface area contributed by atoms with Gasteiger partial charge in [-0.2, -0.15) is 13.2 Å². The lowest BCUT2D eigenvalue weighted by molar-refractivity contribution is -0.137. The number of halogens is 3. The number of carbonyl (C=O) groups is 1. The minimum Gasteiger partial charge on any atom is -0.321 e. The van der Waals surface area contributed by atoms with Gasteiger partial charge in [-0.3, -0.25) is 4.90 Å². The minimum absolute atomic E-state index is 0.149. The quantitative estimate of drug-likeness (QED) is 0.820. The maximum absolute atomic E-state index is 12.8. The summed E-state index contributed by atoms with van der Waals surface area (Å²) in [6.45, 7) is 4.11. The Morgan fingerprint density at radius 2 is 1.89 bits per heavy atom. The average Bonchev–Trinajstić information content (AvgIpc) is 2.59. The molecule has 1 heterocycles. The average molecular weight is 391 g/mol. The van der Waals surface area contributed by atoms with E-state index in [9.17, 15) is 18.0 Å². The van der Waals surface area contributed by atoms with Gasteiger partial charge in [0.25, 0.3) is 0 Å². The van der Waals surface area contributed by atoms with E-state index in [1.807, 2.05) is 19.2 Å².